The van der Waals surface area contributed by atoms with Crippen LogP contribution in [0.3, 0.4) is 0 Å². The van der Waals surface area contributed by atoms with Crippen LogP contribution in [-0.2, 0) is 19.3 Å². The quantitative estimate of drug-likeness (QED) is 0.391. The number of hydrogen-bond acceptors (Lipinski definition) is 5. The van der Waals surface area contributed by atoms with Gasteiger partial charge < -0.3 is 15.5 Å². The normalized spacial score (nSPS) is 18.0. The number of nitrogens with one attached hydrogen (secondary N) is 2. The highest BCUT2D eigenvalue weighted by molar-refractivity contribution is 7.14. The third-order valence-electron chi connectivity index (χ3n) is 5.71. The smallest absolute Gasteiger partial charge is 0.191 e. The van der Waals surface area contributed by atoms with Crippen molar-refractivity contribution in [2.45, 2.75) is 64.3 Å². The van der Waals surface area contributed by atoms with Crippen molar-refractivity contribution in [1.82, 2.24) is 15.6 Å². The van der Waals surface area contributed by atoms with Gasteiger partial charge in [-0.05, 0) is 69.4 Å². The Morgan fingerprint density at radius 1 is 1.28 bits per heavy atom. The number of aromatic nitrogens is 1. The second kappa shape index (κ2) is 10.4. The summed E-state index contributed by atoms with van der Waals surface area (Å²) in [5.74, 6) is 0.973. The molecule has 7 heteroatoms. The van der Waals surface area contributed by atoms with Crippen LogP contribution in [0, 0.1) is 0 Å². The highest BCUT2D eigenvalue weighted by Crippen LogP contribution is 2.27. The lowest BCUT2D eigenvalue weighted by atomic mass is 10.0. The van der Waals surface area contributed by atoms with E-state index in [2.05, 4.69) is 40.0 Å². The molecule has 2 aromatic rings. The molecule has 0 radical (unpaired) electrons. The Balaban J connectivity index is 1.22. The van der Waals surface area contributed by atoms with Gasteiger partial charge in [-0.25, -0.2) is 4.98 Å². The molecule has 3 heterocycles. The van der Waals surface area contributed by atoms with E-state index in [0.29, 0.717) is 6.04 Å². The van der Waals surface area contributed by atoms with Crippen molar-refractivity contribution in [3.63, 3.8) is 0 Å². The van der Waals surface area contributed by atoms with Gasteiger partial charge in [-0.2, -0.15) is 0 Å². The average Bonchev–Trinajstić information content (AvgIpc) is 3.41. The molecule has 0 aromatic carbocycles. The predicted molar refractivity (Wildman–Crippen MR) is 126 cm³/mol. The molecule has 2 aliphatic rings. The molecule has 0 atom stereocenters. The molecule has 0 unspecified atom stereocenters. The van der Waals surface area contributed by atoms with Gasteiger partial charge in [0.2, 0.25) is 0 Å². The summed E-state index contributed by atoms with van der Waals surface area (Å²) in [4.78, 5) is 13.7. The van der Waals surface area contributed by atoms with Crippen LogP contribution >= 0.6 is 22.7 Å². The van der Waals surface area contributed by atoms with Gasteiger partial charge in [-0.15, -0.1) is 22.7 Å². The standard InChI is InChI=1S/C22H33N5S2/c1-2-23-22(25-17-11-14-27(15-12-17)21-10-6-16-28-21)24-13-5-9-20-26-18-7-3-4-8-19(18)29-20/h6,10,16-17H,2-5,7-9,11-15H2,1H3,(H2,23,24,25). The van der Waals surface area contributed by atoms with Crippen LogP contribution in [0.4, 0.5) is 5.00 Å². The van der Waals surface area contributed by atoms with E-state index in [9.17, 15) is 0 Å². The lowest BCUT2D eigenvalue weighted by Gasteiger charge is -2.33. The number of aryl methyl sites for hydroxylation is 3. The number of guanidine groups is 1. The van der Waals surface area contributed by atoms with Crippen LogP contribution in [0.1, 0.15) is 54.6 Å². The SMILES string of the molecule is CCNC(=NCCCc1nc2c(s1)CCCC2)NC1CCN(c2cccs2)CC1. The molecule has 0 amide bonds. The van der Waals surface area contributed by atoms with Crippen molar-refractivity contribution in [3.8, 4) is 0 Å². The molecule has 2 N–H and O–H groups in total. The van der Waals surface area contributed by atoms with Gasteiger partial charge in [-0.3, -0.25) is 4.99 Å². The Morgan fingerprint density at radius 2 is 2.14 bits per heavy atom. The number of aliphatic imine (C=N–C) groups is 1. The minimum Gasteiger partial charge on any atom is -0.363 e. The van der Waals surface area contributed by atoms with Crippen LogP contribution in [0.5, 0.6) is 0 Å². The number of thiazole rings is 1. The molecule has 1 aliphatic carbocycles. The van der Waals surface area contributed by atoms with E-state index >= 15 is 0 Å². The number of rotatable bonds is 7. The second-order valence-corrected chi connectivity index (χ2v) is 10.0. The summed E-state index contributed by atoms with van der Waals surface area (Å²) >= 11 is 3.78. The zero-order valence-corrected chi connectivity index (χ0v) is 19.1. The zero-order valence-electron chi connectivity index (χ0n) is 17.5. The molecule has 158 valence electrons. The topological polar surface area (TPSA) is 52.6 Å². The van der Waals surface area contributed by atoms with Gasteiger partial charge in [0.1, 0.15) is 0 Å². The molecular weight excluding hydrogens is 398 g/mol. The number of piperidine rings is 1. The molecule has 4 rings (SSSR count). The fourth-order valence-corrected chi connectivity index (χ4v) is 6.12. The molecule has 0 saturated carbocycles. The second-order valence-electron chi connectivity index (χ2n) is 7.91. The Kier molecular flexibility index (Phi) is 7.44. The summed E-state index contributed by atoms with van der Waals surface area (Å²) in [5, 5.41) is 12.0. The van der Waals surface area contributed by atoms with Crippen molar-refractivity contribution in [2.24, 2.45) is 4.99 Å². The summed E-state index contributed by atoms with van der Waals surface area (Å²) in [5.41, 5.74) is 1.38. The third-order valence-corrected chi connectivity index (χ3v) is 7.85. The highest BCUT2D eigenvalue weighted by Gasteiger charge is 2.20. The first-order valence-corrected chi connectivity index (χ1v) is 12.8. The van der Waals surface area contributed by atoms with Crippen molar-refractivity contribution in [3.05, 3.63) is 33.1 Å². The van der Waals surface area contributed by atoms with Gasteiger partial charge in [0.05, 0.1) is 15.7 Å². The van der Waals surface area contributed by atoms with E-state index in [0.717, 1.165) is 57.8 Å². The third kappa shape index (κ3) is 5.72. The lowest BCUT2D eigenvalue weighted by Crippen LogP contribution is -2.48. The maximum atomic E-state index is 4.86. The number of fused-ring (bicyclic) bond motifs is 1. The Hall–Kier alpha value is -1.60. The summed E-state index contributed by atoms with van der Waals surface area (Å²) in [6, 6.07) is 4.87. The van der Waals surface area contributed by atoms with Crippen molar-refractivity contribution >= 4 is 33.6 Å². The number of thiophene rings is 1. The van der Waals surface area contributed by atoms with E-state index in [4.69, 9.17) is 9.98 Å². The van der Waals surface area contributed by atoms with Crippen LogP contribution in [0.25, 0.3) is 0 Å². The zero-order chi connectivity index (χ0) is 19.9. The Bertz CT molecular complexity index is 752. The van der Waals surface area contributed by atoms with Crippen LogP contribution in [-0.4, -0.2) is 43.2 Å². The number of anilines is 1. The first-order valence-electron chi connectivity index (χ1n) is 11.1. The molecule has 2 aromatic heterocycles. The summed E-state index contributed by atoms with van der Waals surface area (Å²) in [6.07, 6.45) is 9.52. The monoisotopic (exact) mass is 431 g/mol. The number of hydrogen-bond donors (Lipinski definition) is 2. The molecular formula is C22H33N5S2. The molecule has 1 saturated heterocycles. The van der Waals surface area contributed by atoms with E-state index in [1.165, 1.54) is 41.4 Å². The Labute approximate surface area is 182 Å². The van der Waals surface area contributed by atoms with E-state index in [-0.39, 0.29) is 0 Å². The minimum atomic E-state index is 0.509. The summed E-state index contributed by atoms with van der Waals surface area (Å²) in [7, 11) is 0. The first kappa shape index (κ1) is 20.7. The van der Waals surface area contributed by atoms with Gasteiger partial charge >= 0.3 is 0 Å². The molecule has 1 fully saturated rings. The highest BCUT2D eigenvalue weighted by atomic mass is 32.1. The largest absolute Gasteiger partial charge is 0.363 e. The first-order chi connectivity index (χ1) is 14.3. The Morgan fingerprint density at radius 3 is 2.90 bits per heavy atom. The van der Waals surface area contributed by atoms with Crippen molar-refractivity contribution in [2.75, 3.05) is 31.1 Å². The fourth-order valence-electron chi connectivity index (χ4n) is 4.14. The fraction of sp³-hybridized carbons (Fsp3) is 0.636. The van der Waals surface area contributed by atoms with Gasteiger partial charge in [0.25, 0.3) is 0 Å². The van der Waals surface area contributed by atoms with Crippen LogP contribution in [0.15, 0.2) is 22.5 Å². The molecule has 1 aliphatic heterocycles. The van der Waals surface area contributed by atoms with Gasteiger partial charge in [-0.1, -0.05) is 0 Å². The molecule has 0 spiro atoms. The maximum absolute atomic E-state index is 4.86. The van der Waals surface area contributed by atoms with Gasteiger partial charge in [0, 0.05) is 43.5 Å². The minimum absolute atomic E-state index is 0.509. The van der Waals surface area contributed by atoms with Crippen molar-refractivity contribution in [1.29, 1.82) is 0 Å². The molecule has 5 nitrogen and oxygen atoms in total. The summed E-state index contributed by atoms with van der Waals surface area (Å²) < 4.78 is 0. The van der Waals surface area contributed by atoms with Gasteiger partial charge in [0.15, 0.2) is 5.96 Å². The molecule has 0 bridgehead atoms. The lowest BCUT2D eigenvalue weighted by molar-refractivity contribution is 0.463. The average molecular weight is 432 g/mol. The molecule has 29 heavy (non-hydrogen) atoms. The predicted octanol–water partition coefficient (Wildman–Crippen LogP) is 4.24. The number of nitrogens with zero attached hydrogens (tertiary/aromatic N) is 3. The van der Waals surface area contributed by atoms with Crippen LogP contribution in [0.2, 0.25) is 0 Å². The van der Waals surface area contributed by atoms with E-state index in [1.54, 1.807) is 4.88 Å². The van der Waals surface area contributed by atoms with E-state index in [1.807, 2.05) is 22.7 Å². The van der Waals surface area contributed by atoms with E-state index < -0.39 is 0 Å². The van der Waals surface area contributed by atoms with Crippen LogP contribution < -0.4 is 15.5 Å². The van der Waals surface area contributed by atoms with Crippen molar-refractivity contribution < 1.29 is 0 Å². The summed E-state index contributed by atoms with van der Waals surface area (Å²) in [6.45, 7) is 6.13. The maximum Gasteiger partial charge on any atom is 0.191 e.